The van der Waals surface area contributed by atoms with Crippen LogP contribution in [-0.4, -0.2) is 43.3 Å². The zero-order chi connectivity index (χ0) is 13.8. The van der Waals surface area contributed by atoms with Crippen LogP contribution >= 0.6 is 0 Å². The number of urea groups is 1. The van der Waals surface area contributed by atoms with Gasteiger partial charge in [0, 0.05) is 32.4 Å². The van der Waals surface area contributed by atoms with E-state index < -0.39 is 17.9 Å². The average Bonchev–Trinajstić information content (AvgIpc) is 2.31. The van der Waals surface area contributed by atoms with Crippen molar-refractivity contribution in [3.63, 3.8) is 0 Å². The number of imide groups is 1. The molecule has 0 saturated carbocycles. The van der Waals surface area contributed by atoms with Crippen LogP contribution < -0.4 is 10.6 Å². The van der Waals surface area contributed by atoms with Gasteiger partial charge in [0.1, 0.15) is 0 Å². The van der Waals surface area contributed by atoms with Gasteiger partial charge in [-0.3, -0.25) is 10.1 Å². The molecule has 102 valence electrons. The summed E-state index contributed by atoms with van der Waals surface area (Å²) >= 11 is 0. The number of carbonyl (C=O) groups is 3. The van der Waals surface area contributed by atoms with E-state index in [1.165, 1.54) is 0 Å². The van der Waals surface area contributed by atoms with Crippen molar-refractivity contribution in [3.05, 3.63) is 12.2 Å². The zero-order valence-corrected chi connectivity index (χ0v) is 10.3. The van der Waals surface area contributed by atoms with E-state index in [1.54, 1.807) is 7.11 Å². The van der Waals surface area contributed by atoms with Crippen molar-refractivity contribution < 1.29 is 24.2 Å². The van der Waals surface area contributed by atoms with Gasteiger partial charge in [0.25, 0.3) is 5.91 Å². The van der Waals surface area contributed by atoms with Crippen LogP contribution in [0.25, 0.3) is 0 Å². The molecule has 18 heavy (non-hydrogen) atoms. The molecule has 3 N–H and O–H groups in total. The minimum Gasteiger partial charge on any atom is -0.478 e. The van der Waals surface area contributed by atoms with Crippen molar-refractivity contribution in [1.82, 2.24) is 10.6 Å². The minimum atomic E-state index is -1.25. The van der Waals surface area contributed by atoms with E-state index in [4.69, 9.17) is 9.84 Å². The highest BCUT2D eigenvalue weighted by Crippen LogP contribution is 1.93. The number of aliphatic carboxylic acids is 1. The molecule has 0 fully saturated rings. The second-order valence-electron chi connectivity index (χ2n) is 3.47. The van der Waals surface area contributed by atoms with E-state index in [0.717, 1.165) is 25.3 Å². The summed E-state index contributed by atoms with van der Waals surface area (Å²) in [4.78, 5) is 32.2. The molecule has 0 unspecified atom stereocenters. The summed E-state index contributed by atoms with van der Waals surface area (Å²) in [5, 5.41) is 12.7. The second-order valence-corrected chi connectivity index (χ2v) is 3.47. The highest BCUT2D eigenvalue weighted by Gasteiger charge is 2.03. The Morgan fingerprint density at radius 2 is 1.89 bits per heavy atom. The summed E-state index contributed by atoms with van der Waals surface area (Å²) < 4.78 is 4.87. The fourth-order valence-corrected chi connectivity index (χ4v) is 1.09. The number of hydrogen-bond acceptors (Lipinski definition) is 4. The van der Waals surface area contributed by atoms with Crippen LogP contribution in [0.4, 0.5) is 4.79 Å². The van der Waals surface area contributed by atoms with Crippen LogP contribution in [0.2, 0.25) is 0 Å². The number of ether oxygens (including phenoxy) is 1. The van der Waals surface area contributed by atoms with E-state index >= 15 is 0 Å². The first kappa shape index (κ1) is 16.1. The van der Waals surface area contributed by atoms with E-state index in [0.29, 0.717) is 19.2 Å². The Morgan fingerprint density at radius 3 is 2.50 bits per heavy atom. The second kappa shape index (κ2) is 10.3. The Balaban J connectivity index is 3.59. The summed E-state index contributed by atoms with van der Waals surface area (Å²) in [6.07, 6.45) is 4.06. The molecule has 0 spiro atoms. The van der Waals surface area contributed by atoms with E-state index in [9.17, 15) is 14.4 Å². The lowest BCUT2D eigenvalue weighted by molar-refractivity contribution is -0.131. The Morgan fingerprint density at radius 1 is 1.17 bits per heavy atom. The van der Waals surface area contributed by atoms with Gasteiger partial charge in [-0.1, -0.05) is 0 Å². The number of carboxylic acid groups (broad SMARTS) is 1. The fourth-order valence-electron chi connectivity index (χ4n) is 1.09. The maximum atomic E-state index is 11.1. The lowest BCUT2D eigenvalue weighted by atomic mass is 10.2. The smallest absolute Gasteiger partial charge is 0.328 e. The first-order valence-electron chi connectivity index (χ1n) is 5.55. The van der Waals surface area contributed by atoms with E-state index in [2.05, 4.69) is 5.32 Å². The lowest BCUT2D eigenvalue weighted by Gasteiger charge is -2.04. The van der Waals surface area contributed by atoms with E-state index in [1.807, 2.05) is 5.32 Å². The predicted octanol–water partition coefficient (Wildman–Crippen LogP) is 0.270. The highest BCUT2D eigenvalue weighted by molar-refractivity contribution is 6.02. The monoisotopic (exact) mass is 258 g/mol. The number of amides is 3. The molecule has 0 aromatic heterocycles. The van der Waals surface area contributed by atoms with Crippen molar-refractivity contribution in [1.29, 1.82) is 0 Å². The first-order valence-corrected chi connectivity index (χ1v) is 5.55. The van der Waals surface area contributed by atoms with Gasteiger partial charge in [-0.2, -0.15) is 0 Å². The third-order valence-corrected chi connectivity index (χ3v) is 1.92. The summed E-state index contributed by atoms with van der Waals surface area (Å²) in [5.41, 5.74) is 0. The van der Waals surface area contributed by atoms with Crippen LogP contribution in [0.15, 0.2) is 12.2 Å². The SMILES string of the molecule is COCCCCCNC(=O)NC(=O)/C=C/C(=O)O. The minimum absolute atomic E-state index is 0.450. The van der Waals surface area contributed by atoms with Gasteiger partial charge >= 0.3 is 12.0 Å². The number of hydrogen-bond donors (Lipinski definition) is 3. The van der Waals surface area contributed by atoms with Gasteiger partial charge in [0.05, 0.1) is 0 Å². The van der Waals surface area contributed by atoms with Gasteiger partial charge in [-0.05, 0) is 19.3 Å². The van der Waals surface area contributed by atoms with Crippen LogP contribution in [0.1, 0.15) is 19.3 Å². The Kier molecular flexibility index (Phi) is 9.20. The topological polar surface area (TPSA) is 105 Å². The molecule has 0 saturated heterocycles. The Bertz CT molecular complexity index is 315. The molecule has 0 atom stereocenters. The zero-order valence-electron chi connectivity index (χ0n) is 10.3. The molecule has 0 heterocycles. The molecule has 0 aromatic carbocycles. The summed E-state index contributed by atoms with van der Waals surface area (Å²) in [6.45, 7) is 1.14. The van der Waals surface area contributed by atoms with Crippen molar-refractivity contribution in [3.8, 4) is 0 Å². The molecule has 7 nitrogen and oxygen atoms in total. The van der Waals surface area contributed by atoms with Crippen molar-refractivity contribution in [2.45, 2.75) is 19.3 Å². The van der Waals surface area contributed by atoms with Gasteiger partial charge in [-0.25, -0.2) is 9.59 Å². The van der Waals surface area contributed by atoms with E-state index in [-0.39, 0.29) is 0 Å². The third-order valence-electron chi connectivity index (χ3n) is 1.92. The quantitative estimate of drug-likeness (QED) is 0.428. The number of methoxy groups -OCH3 is 1. The molecular weight excluding hydrogens is 240 g/mol. The molecule has 0 aliphatic carbocycles. The van der Waals surface area contributed by atoms with Crippen LogP contribution in [-0.2, 0) is 14.3 Å². The Hall–Kier alpha value is -1.89. The standard InChI is InChI=1S/C11H18N2O5/c1-18-8-4-2-3-7-12-11(17)13-9(14)5-6-10(15)16/h5-6H,2-4,7-8H2,1H3,(H,15,16)(H2,12,13,14,17)/b6-5+. The molecular formula is C11H18N2O5. The number of nitrogens with one attached hydrogen (secondary N) is 2. The van der Waals surface area contributed by atoms with Gasteiger partial charge < -0.3 is 15.2 Å². The number of carboxylic acids is 1. The molecule has 0 bridgehead atoms. The molecule has 3 amide bonds. The lowest BCUT2D eigenvalue weighted by Crippen LogP contribution is -2.39. The summed E-state index contributed by atoms with van der Waals surface area (Å²) in [6, 6.07) is -0.637. The van der Waals surface area contributed by atoms with Gasteiger partial charge in [-0.15, -0.1) is 0 Å². The van der Waals surface area contributed by atoms with Gasteiger partial charge in [0.15, 0.2) is 0 Å². The van der Waals surface area contributed by atoms with Crippen molar-refractivity contribution >= 4 is 17.9 Å². The maximum absolute atomic E-state index is 11.1. The van der Waals surface area contributed by atoms with Crippen molar-refractivity contribution in [2.24, 2.45) is 0 Å². The molecule has 0 aliphatic heterocycles. The van der Waals surface area contributed by atoms with Crippen molar-refractivity contribution in [2.75, 3.05) is 20.3 Å². The Labute approximate surface area is 105 Å². The average molecular weight is 258 g/mol. The molecule has 7 heteroatoms. The highest BCUT2D eigenvalue weighted by atomic mass is 16.5. The molecule has 0 radical (unpaired) electrons. The van der Waals surface area contributed by atoms with Crippen LogP contribution in [0.5, 0.6) is 0 Å². The summed E-state index contributed by atoms with van der Waals surface area (Å²) in [5.74, 6) is -2.02. The largest absolute Gasteiger partial charge is 0.478 e. The molecule has 0 aromatic rings. The first-order chi connectivity index (χ1) is 8.56. The normalized spacial score (nSPS) is 10.3. The predicted molar refractivity (Wildman–Crippen MR) is 64.0 cm³/mol. The number of rotatable bonds is 8. The van der Waals surface area contributed by atoms with Crippen LogP contribution in [0.3, 0.4) is 0 Å². The van der Waals surface area contributed by atoms with Gasteiger partial charge in [0.2, 0.25) is 0 Å². The number of carbonyl (C=O) groups excluding carboxylic acids is 2. The molecule has 0 aliphatic rings. The summed E-state index contributed by atoms with van der Waals surface area (Å²) in [7, 11) is 1.63. The van der Waals surface area contributed by atoms with Crippen LogP contribution in [0, 0.1) is 0 Å². The maximum Gasteiger partial charge on any atom is 0.328 e. The number of unbranched alkanes of at least 4 members (excludes halogenated alkanes) is 2. The third kappa shape index (κ3) is 10.6. The molecule has 0 rings (SSSR count). The fraction of sp³-hybridized carbons (Fsp3) is 0.545.